The fraction of sp³-hybridized carbons (Fsp3) is 0.312. The molecule has 0 saturated carbocycles. The van der Waals surface area contributed by atoms with Crippen molar-refractivity contribution in [1.29, 1.82) is 0 Å². The number of nitrogens with zero attached hydrogens (tertiary/aromatic N) is 1. The first-order valence-corrected chi connectivity index (χ1v) is 7.76. The zero-order chi connectivity index (χ0) is 13.9. The Morgan fingerprint density at radius 3 is 2.75 bits per heavy atom. The van der Waals surface area contributed by atoms with Crippen LogP contribution in [-0.4, -0.2) is 29.9 Å². The van der Waals surface area contributed by atoms with Gasteiger partial charge in [0.2, 0.25) is 0 Å². The van der Waals surface area contributed by atoms with Crippen LogP contribution in [0.3, 0.4) is 0 Å². The van der Waals surface area contributed by atoms with E-state index in [1.165, 1.54) is 16.9 Å². The third kappa shape index (κ3) is 2.62. The lowest BCUT2D eigenvalue weighted by Gasteiger charge is -2.39. The van der Waals surface area contributed by atoms with E-state index >= 15 is 0 Å². The fourth-order valence-electron chi connectivity index (χ4n) is 2.65. The minimum atomic E-state index is 0.113. The van der Waals surface area contributed by atoms with Gasteiger partial charge >= 0.3 is 0 Å². The number of carbonyl (C=O) groups excluding carboxylic acids is 1. The summed E-state index contributed by atoms with van der Waals surface area (Å²) in [7, 11) is 0. The minimum absolute atomic E-state index is 0.113. The summed E-state index contributed by atoms with van der Waals surface area (Å²) >= 11 is 1.51. The fourth-order valence-corrected chi connectivity index (χ4v) is 3.33. The number of piperazine rings is 1. The number of carbonyl (C=O) groups is 1. The van der Waals surface area contributed by atoms with Crippen LogP contribution in [0, 0.1) is 0 Å². The average molecular weight is 286 g/mol. The van der Waals surface area contributed by atoms with Crippen molar-refractivity contribution in [3.63, 3.8) is 0 Å². The Bertz CT molecular complexity index is 567. The molecule has 4 heteroatoms. The number of rotatable bonds is 2. The number of amides is 1. The lowest BCUT2D eigenvalue weighted by Crippen LogP contribution is -2.53. The van der Waals surface area contributed by atoms with E-state index in [0.29, 0.717) is 6.04 Å². The van der Waals surface area contributed by atoms with E-state index < -0.39 is 0 Å². The largest absolute Gasteiger partial charge is 0.328 e. The van der Waals surface area contributed by atoms with Crippen LogP contribution in [0.1, 0.15) is 28.2 Å². The third-order valence-corrected chi connectivity index (χ3v) is 4.54. The highest BCUT2D eigenvalue weighted by Crippen LogP contribution is 2.26. The predicted molar refractivity (Wildman–Crippen MR) is 82.0 cm³/mol. The molecule has 2 atom stereocenters. The van der Waals surface area contributed by atoms with Crippen LogP contribution in [0.5, 0.6) is 0 Å². The molecule has 1 amide bonds. The van der Waals surface area contributed by atoms with Gasteiger partial charge in [0, 0.05) is 19.1 Å². The second-order valence-corrected chi connectivity index (χ2v) is 6.12. The molecule has 2 aromatic rings. The van der Waals surface area contributed by atoms with Crippen molar-refractivity contribution in [2.45, 2.75) is 19.0 Å². The molecule has 0 radical (unpaired) electrons. The van der Waals surface area contributed by atoms with E-state index in [2.05, 4.69) is 24.4 Å². The molecule has 1 aliphatic heterocycles. The van der Waals surface area contributed by atoms with Gasteiger partial charge in [-0.15, -0.1) is 11.3 Å². The van der Waals surface area contributed by atoms with Crippen molar-refractivity contribution in [2.24, 2.45) is 0 Å². The maximum absolute atomic E-state index is 12.7. The number of thiophene rings is 1. The number of benzene rings is 1. The van der Waals surface area contributed by atoms with Gasteiger partial charge in [-0.25, -0.2) is 0 Å². The first-order chi connectivity index (χ1) is 9.75. The van der Waals surface area contributed by atoms with Gasteiger partial charge in [0.25, 0.3) is 5.91 Å². The van der Waals surface area contributed by atoms with Gasteiger partial charge < -0.3 is 10.2 Å². The zero-order valence-corrected chi connectivity index (χ0v) is 12.3. The molecule has 20 heavy (non-hydrogen) atoms. The molecule has 1 aliphatic rings. The van der Waals surface area contributed by atoms with Crippen LogP contribution in [-0.2, 0) is 0 Å². The molecule has 2 heterocycles. The Hall–Kier alpha value is -1.65. The number of nitrogens with one attached hydrogen (secondary N) is 1. The van der Waals surface area contributed by atoms with Crippen LogP contribution < -0.4 is 5.32 Å². The van der Waals surface area contributed by atoms with Crippen molar-refractivity contribution in [3.8, 4) is 0 Å². The topological polar surface area (TPSA) is 32.3 Å². The summed E-state index contributed by atoms with van der Waals surface area (Å²) in [6.07, 6.45) is 0. The van der Waals surface area contributed by atoms with Crippen molar-refractivity contribution < 1.29 is 4.79 Å². The minimum Gasteiger partial charge on any atom is -0.328 e. The van der Waals surface area contributed by atoms with Gasteiger partial charge in [-0.05, 0) is 23.9 Å². The van der Waals surface area contributed by atoms with Crippen LogP contribution in [0.15, 0.2) is 47.8 Å². The first kappa shape index (κ1) is 13.3. The van der Waals surface area contributed by atoms with E-state index in [1.807, 2.05) is 40.6 Å². The molecule has 2 unspecified atom stereocenters. The maximum Gasteiger partial charge on any atom is 0.264 e. The molecule has 1 fully saturated rings. The van der Waals surface area contributed by atoms with Crippen molar-refractivity contribution in [3.05, 3.63) is 58.3 Å². The average Bonchev–Trinajstić information content (AvgIpc) is 3.01. The van der Waals surface area contributed by atoms with Gasteiger partial charge in [-0.2, -0.15) is 0 Å². The zero-order valence-electron chi connectivity index (χ0n) is 11.5. The van der Waals surface area contributed by atoms with E-state index in [4.69, 9.17) is 0 Å². The normalized spacial score (nSPS) is 22.8. The Morgan fingerprint density at radius 1 is 1.25 bits per heavy atom. The summed E-state index contributed by atoms with van der Waals surface area (Å²) in [5, 5.41) is 5.42. The number of hydrogen-bond acceptors (Lipinski definition) is 3. The van der Waals surface area contributed by atoms with Crippen LogP contribution in [0.2, 0.25) is 0 Å². The van der Waals surface area contributed by atoms with E-state index in [-0.39, 0.29) is 11.9 Å². The highest BCUT2D eigenvalue weighted by atomic mass is 32.1. The summed E-state index contributed by atoms with van der Waals surface area (Å²) in [5.74, 6) is 0.141. The van der Waals surface area contributed by atoms with Gasteiger partial charge in [0.1, 0.15) is 0 Å². The van der Waals surface area contributed by atoms with Crippen molar-refractivity contribution in [1.82, 2.24) is 10.2 Å². The van der Waals surface area contributed by atoms with E-state index in [1.54, 1.807) is 0 Å². The third-order valence-electron chi connectivity index (χ3n) is 3.68. The molecule has 0 aliphatic carbocycles. The highest BCUT2D eigenvalue weighted by Gasteiger charge is 2.31. The van der Waals surface area contributed by atoms with Crippen molar-refractivity contribution in [2.75, 3.05) is 13.1 Å². The summed E-state index contributed by atoms with van der Waals surface area (Å²) in [6.45, 7) is 3.68. The standard InChI is InChI=1S/C16H18N2OS/c1-12-11-18(16(19)15-8-5-9-20-15)14(10-17-12)13-6-3-2-4-7-13/h2-9,12,14,17H,10-11H2,1H3. The summed E-state index contributed by atoms with van der Waals surface area (Å²) in [4.78, 5) is 15.5. The molecular formula is C16H18N2OS. The molecular weight excluding hydrogens is 268 g/mol. The SMILES string of the molecule is CC1CN(C(=O)c2cccs2)C(c2ccccc2)CN1. The lowest BCUT2D eigenvalue weighted by molar-refractivity contribution is 0.0596. The molecule has 1 aromatic heterocycles. The first-order valence-electron chi connectivity index (χ1n) is 6.88. The van der Waals surface area contributed by atoms with E-state index in [0.717, 1.165) is 18.0 Å². The van der Waals surface area contributed by atoms with Crippen LogP contribution in [0.25, 0.3) is 0 Å². The maximum atomic E-state index is 12.7. The van der Waals surface area contributed by atoms with E-state index in [9.17, 15) is 4.79 Å². The summed E-state index contributed by atoms with van der Waals surface area (Å²) < 4.78 is 0. The summed E-state index contributed by atoms with van der Waals surface area (Å²) in [5.41, 5.74) is 1.19. The molecule has 3 nitrogen and oxygen atoms in total. The Balaban J connectivity index is 1.89. The monoisotopic (exact) mass is 286 g/mol. The Morgan fingerprint density at radius 2 is 2.05 bits per heavy atom. The molecule has 3 rings (SSSR count). The Kier molecular flexibility index (Phi) is 3.85. The quantitative estimate of drug-likeness (QED) is 0.920. The van der Waals surface area contributed by atoms with Gasteiger partial charge in [-0.1, -0.05) is 36.4 Å². The van der Waals surface area contributed by atoms with Crippen LogP contribution >= 0.6 is 11.3 Å². The molecule has 0 spiro atoms. The van der Waals surface area contributed by atoms with Gasteiger partial charge in [0.15, 0.2) is 0 Å². The smallest absolute Gasteiger partial charge is 0.264 e. The molecule has 1 saturated heterocycles. The second kappa shape index (κ2) is 5.77. The summed E-state index contributed by atoms with van der Waals surface area (Å²) in [6, 6.07) is 14.5. The van der Waals surface area contributed by atoms with Gasteiger partial charge in [0.05, 0.1) is 10.9 Å². The lowest BCUT2D eigenvalue weighted by atomic mass is 10.0. The number of hydrogen-bond donors (Lipinski definition) is 1. The molecule has 1 N–H and O–H groups in total. The molecule has 104 valence electrons. The molecule has 1 aromatic carbocycles. The predicted octanol–water partition coefficient (Wildman–Crippen LogP) is 2.92. The Labute approximate surface area is 123 Å². The second-order valence-electron chi connectivity index (χ2n) is 5.17. The van der Waals surface area contributed by atoms with Crippen LogP contribution in [0.4, 0.5) is 0 Å². The molecule has 0 bridgehead atoms. The van der Waals surface area contributed by atoms with Crippen molar-refractivity contribution >= 4 is 17.2 Å². The van der Waals surface area contributed by atoms with Gasteiger partial charge in [-0.3, -0.25) is 4.79 Å². The highest BCUT2D eigenvalue weighted by molar-refractivity contribution is 7.12.